The lowest BCUT2D eigenvalue weighted by atomic mass is 10.2. The zero-order valence-electron chi connectivity index (χ0n) is 15.3. The Hall–Kier alpha value is -2.56. The van der Waals surface area contributed by atoms with Crippen LogP contribution in [0, 0.1) is 0 Å². The van der Waals surface area contributed by atoms with Crippen molar-refractivity contribution in [1.29, 1.82) is 0 Å². The molecule has 1 N–H and O–H groups in total. The summed E-state index contributed by atoms with van der Waals surface area (Å²) in [6.45, 7) is 6.36. The second kappa shape index (κ2) is 9.67. The van der Waals surface area contributed by atoms with Gasteiger partial charge in [0, 0.05) is 31.5 Å². The molecule has 0 radical (unpaired) electrons. The zero-order chi connectivity index (χ0) is 18.1. The summed E-state index contributed by atoms with van der Waals surface area (Å²) in [4.78, 5) is 18.8. The molecule has 0 aliphatic carbocycles. The number of pyridine rings is 1. The van der Waals surface area contributed by atoms with Gasteiger partial charge in [-0.1, -0.05) is 26.0 Å². The highest BCUT2D eigenvalue weighted by Crippen LogP contribution is 2.15. The van der Waals surface area contributed by atoms with Gasteiger partial charge in [-0.25, -0.2) is 0 Å². The second-order valence-electron chi connectivity index (χ2n) is 5.92. The third-order valence-electron chi connectivity index (χ3n) is 3.91. The molecule has 1 amide bonds. The van der Waals surface area contributed by atoms with E-state index in [1.807, 2.05) is 41.3 Å². The molecule has 0 spiro atoms. The van der Waals surface area contributed by atoms with Crippen LogP contribution < -0.4 is 10.1 Å². The van der Waals surface area contributed by atoms with Gasteiger partial charge in [0.15, 0.2) is 0 Å². The molecule has 0 unspecified atom stereocenters. The number of ether oxygens (including phenoxy) is 1. The van der Waals surface area contributed by atoms with Crippen LogP contribution in [0.3, 0.4) is 0 Å². The Morgan fingerprint density at radius 3 is 2.40 bits per heavy atom. The molecule has 1 heterocycles. The molecule has 2 rings (SSSR count). The Morgan fingerprint density at radius 2 is 1.80 bits per heavy atom. The topological polar surface area (TPSA) is 54.5 Å². The van der Waals surface area contributed by atoms with Gasteiger partial charge in [0.25, 0.3) is 5.91 Å². The van der Waals surface area contributed by atoms with Crippen LogP contribution >= 0.6 is 0 Å². The molecule has 25 heavy (non-hydrogen) atoms. The minimum absolute atomic E-state index is 0.00297. The Bertz CT molecular complexity index is 665. The zero-order valence-corrected chi connectivity index (χ0v) is 15.3. The lowest BCUT2D eigenvalue weighted by molar-refractivity contribution is 0.0749. The van der Waals surface area contributed by atoms with Crippen LogP contribution in [0.2, 0.25) is 0 Å². The molecule has 1 aromatic carbocycles. The monoisotopic (exact) mass is 341 g/mol. The van der Waals surface area contributed by atoms with Gasteiger partial charge in [0.2, 0.25) is 0 Å². The number of anilines is 1. The predicted octanol–water partition coefficient (Wildman–Crippen LogP) is 3.96. The summed E-state index contributed by atoms with van der Waals surface area (Å²) in [6, 6.07) is 11.6. The highest BCUT2D eigenvalue weighted by atomic mass is 16.5. The minimum atomic E-state index is -0.00297. The number of methoxy groups -OCH3 is 1. The third kappa shape index (κ3) is 5.48. The van der Waals surface area contributed by atoms with Crippen molar-refractivity contribution in [3.63, 3.8) is 0 Å². The van der Waals surface area contributed by atoms with Gasteiger partial charge in [-0.2, -0.15) is 0 Å². The average Bonchev–Trinajstić information content (AvgIpc) is 2.66. The molecule has 5 nitrogen and oxygen atoms in total. The molecule has 0 atom stereocenters. The van der Waals surface area contributed by atoms with Gasteiger partial charge >= 0.3 is 0 Å². The van der Waals surface area contributed by atoms with Gasteiger partial charge in [0.1, 0.15) is 11.4 Å². The first-order valence-corrected chi connectivity index (χ1v) is 8.80. The van der Waals surface area contributed by atoms with Crippen LogP contribution in [-0.2, 0) is 6.54 Å². The fraction of sp³-hybridized carbons (Fsp3) is 0.400. The Morgan fingerprint density at radius 1 is 1.12 bits per heavy atom. The largest absolute Gasteiger partial charge is 0.497 e. The maximum absolute atomic E-state index is 12.6. The number of rotatable bonds is 9. The number of benzene rings is 1. The number of amides is 1. The van der Waals surface area contributed by atoms with E-state index in [-0.39, 0.29) is 5.91 Å². The van der Waals surface area contributed by atoms with Crippen LogP contribution in [0.5, 0.6) is 5.75 Å². The molecule has 134 valence electrons. The Kier molecular flexibility index (Phi) is 7.26. The van der Waals surface area contributed by atoms with E-state index in [4.69, 9.17) is 4.74 Å². The summed E-state index contributed by atoms with van der Waals surface area (Å²) >= 11 is 0. The van der Waals surface area contributed by atoms with Crippen molar-refractivity contribution >= 4 is 11.6 Å². The van der Waals surface area contributed by atoms with E-state index in [1.54, 1.807) is 13.3 Å². The Labute approximate surface area is 150 Å². The number of aromatic nitrogens is 1. The maximum Gasteiger partial charge on any atom is 0.272 e. The lowest BCUT2D eigenvalue weighted by Gasteiger charge is -2.21. The standard InChI is InChI=1S/C20H27N3O2/c1-4-12-23(13-5-2)20(24)19-14-17(10-11-21-19)22-15-16-6-8-18(25-3)9-7-16/h6-11,14H,4-5,12-13,15H2,1-3H3,(H,21,22). The molecule has 0 bridgehead atoms. The van der Waals surface area contributed by atoms with Crippen molar-refractivity contribution in [2.24, 2.45) is 0 Å². The molecule has 0 saturated carbocycles. The fourth-order valence-corrected chi connectivity index (χ4v) is 2.62. The van der Waals surface area contributed by atoms with E-state index in [9.17, 15) is 4.79 Å². The number of carbonyl (C=O) groups excluding carboxylic acids is 1. The Balaban J connectivity index is 2.03. The molecule has 5 heteroatoms. The van der Waals surface area contributed by atoms with Crippen molar-refractivity contribution in [2.75, 3.05) is 25.5 Å². The molecule has 0 fully saturated rings. The normalized spacial score (nSPS) is 10.4. The summed E-state index contributed by atoms with van der Waals surface area (Å²) in [6.07, 6.45) is 3.57. The molecule has 0 saturated heterocycles. The van der Waals surface area contributed by atoms with E-state index in [0.717, 1.165) is 42.9 Å². The van der Waals surface area contributed by atoms with Crippen LogP contribution in [-0.4, -0.2) is 36.0 Å². The predicted molar refractivity (Wildman–Crippen MR) is 101 cm³/mol. The first-order valence-electron chi connectivity index (χ1n) is 8.80. The van der Waals surface area contributed by atoms with Gasteiger partial charge < -0.3 is 15.0 Å². The first kappa shape index (κ1) is 18.8. The van der Waals surface area contributed by atoms with Gasteiger partial charge in [-0.3, -0.25) is 9.78 Å². The van der Waals surface area contributed by atoms with Crippen molar-refractivity contribution in [3.8, 4) is 5.75 Å². The van der Waals surface area contributed by atoms with E-state index in [1.165, 1.54) is 0 Å². The highest BCUT2D eigenvalue weighted by molar-refractivity contribution is 5.93. The molecule has 1 aromatic heterocycles. The quantitative estimate of drug-likeness (QED) is 0.750. The molecular formula is C20H27N3O2. The molecular weight excluding hydrogens is 314 g/mol. The average molecular weight is 341 g/mol. The summed E-state index contributed by atoms with van der Waals surface area (Å²) in [7, 11) is 1.66. The van der Waals surface area contributed by atoms with Gasteiger partial charge in [0.05, 0.1) is 7.11 Å². The SMILES string of the molecule is CCCN(CCC)C(=O)c1cc(NCc2ccc(OC)cc2)ccn1. The summed E-state index contributed by atoms with van der Waals surface area (Å²) in [5, 5.41) is 3.35. The first-order chi connectivity index (χ1) is 12.2. The van der Waals surface area contributed by atoms with E-state index in [0.29, 0.717) is 12.2 Å². The summed E-state index contributed by atoms with van der Waals surface area (Å²) < 4.78 is 5.17. The molecule has 2 aromatic rings. The van der Waals surface area contributed by atoms with E-state index in [2.05, 4.69) is 24.1 Å². The van der Waals surface area contributed by atoms with Crippen LogP contribution in [0.1, 0.15) is 42.7 Å². The van der Waals surface area contributed by atoms with E-state index >= 15 is 0 Å². The van der Waals surface area contributed by atoms with Crippen molar-refractivity contribution in [1.82, 2.24) is 9.88 Å². The van der Waals surface area contributed by atoms with Crippen molar-refractivity contribution in [3.05, 3.63) is 53.9 Å². The number of nitrogens with zero attached hydrogens (tertiary/aromatic N) is 2. The smallest absolute Gasteiger partial charge is 0.272 e. The third-order valence-corrected chi connectivity index (χ3v) is 3.91. The van der Waals surface area contributed by atoms with Crippen molar-refractivity contribution in [2.45, 2.75) is 33.2 Å². The number of nitrogens with one attached hydrogen (secondary N) is 1. The van der Waals surface area contributed by atoms with Gasteiger partial charge in [-0.15, -0.1) is 0 Å². The number of hydrogen-bond acceptors (Lipinski definition) is 4. The number of hydrogen-bond donors (Lipinski definition) is 1. The molecule has 0 aliphatic heterocycles. The highest BCUT2D eigenvalue weighted by Gasteiger charge is 2.15. The van der Waals surface area contributed by atoms with Crippen LogP contribution in [0.15, 0.2) is 42.6 Å². The van der Waals surface area contributed by atoms with Crippen molar-refractivity contribution < 1.29 is 9.53 Å². The van der Waals surface area contributed by atoms with Crippen LogP contribution in [0.25, 0.3) is 0 Å². The minimum Gasteiger partial charge on any atom is -0.497 e. The number of carbonyl (C=O) groups is 1. The molecule has 0 aliphatic rings. The van der Waals surface area contributed by atoms with Gasteiger partial charge in [-0.05, 0) is 42.7 Å². The second-order valence-corrected chi connectivity index (χ2v) is 5.92. The fourth-order valence-electron chi connectivity index (χ4n) is 2.62. The lowest BCUT2D eigenvalue weighted by Crippen LogP contribution is -2.33. The maximum atomic E-state index is 12.6. The van der Waals surface area contributed by atoms with E-state index < -0.39 is 0 Å². The van der Waals surface area contributed by atoms with Crippen LogP contribution in [0.4, 0.5) is 5.69 Å². The summed E-state index contributed by atoms with van der Waals surface area (Å²) in [5.74, 6) is 0.837. The summed E-state index contributed by atoms with van der Waals surface area (Å²) in [5.41, 5.74) is 2.52.